The van der Waals surface area contributed by atoms with Gasteiger partial charge in [0.1, 0.15) is 5.82 Å². The third-order valence-electron chi connectivity index (χ3n) is 2.77. The van der Waals surface area contributed by atoms with Crippen LogP contribution in [0.2, 0.25) is 0 Å². The molecule has 1 aliphatic rings. The van der Waals surface area contributed by atoms with E-state index < -0.39 is 0 Å². The summed E-state index contributed by atoms with van der Waals surface area (Å²) in [7, 11) is 0. The van der Waals surface area contributed by atoms with Gasteiger partial charge in [-0.05, 0) is 25.2 Å². The number of nitrogen functional groups attached to an aromatic ring is 2. The fraction of sp³-hybridized carbons (Fsp3) is 0.600. The second kappa shape index (κ2) is 4.44. The maximum Gasteiger partial charge on any atom is 0.221 e. The second-order valence-corrected chi connectivity index (χ2v) is 3.90. The average Bonchev–Trinajstić information content (AvgIpc) is 2.24. The third kappa shape index (κ3) is 2.56. The Bertz CT molecular complexity index is 336. The highest BCUT2D eigenvalue weighted by molar-refractivity contribution is 5.41. The number of aromatic nitrogens is 2. The average molecular weight is 208 g/mol. The highest BCUT2D eigenvalue weighted by Gasteiger charge is 2.16. The van der Waals surface area contributed by atoms with Gasteiger partial charge in [0, 0.05) is 25.0 Å². The molecule has 15 heavy (non-hydrogen) atoms. The van der Waals surface area contributed by atoms with Gasteiger partial charge in [0.2, 0.25) is 5.95 Å². The van der Waals surface area contributed by atoms with Gasteiger partial charge < -0.3 is 16.2 Å². The molecule has 1 saturated heterocycles. The molecule has 0 spiro atoms. The molecule has 2 rings (SSSR count). The molecule has 0 saturated carbocycles. The van der Waals surface area contributed by atoms with E-state index >= 15 is 0 Å². The molecule has 0 unspecified atom stereocenters. The first-order valence-corrected chi connectivity index (χ1v) is 5.20. The van der Waals surface area contributed by atoms with Crippen LogP contribution in [-0.2, 0) is 11.2 Å². The van der Waals surface area contributed by atoms with E-state index in [2.05, 4.69) is 9.97 Å². The molecule has 4 N–H and O–H groups in total. The molecule has 0 radical (unpaired) electrons. The molecule has 0 amide bonds. The van der Waals surface area contributed by atoms with Crippen LogP contribution in [0.1, 0.15) is 18.4 Å². The van der Waals surface area contributed by atoms with Crippen molar-refractivity contribution in [3.63, 3.8) is 0 Å². The minimum absolute atomic E-state index is 0.239. The number of ether oxygens (including phenoxy) is 1. The maximum atomic E-state index is 5.78. The number of nitrogens with two attached hydrogens (primary N) is 2. The Morgan fingerprint density at radius 1 is 1.33 bits per heavy atom. The summed E-state index contributed by atoms with van der Waals surface area (Å²) in [5.41, 5.74) is 12.2. The smallest absolute Gasteiger partial charge is 0.221 e. The largest absolute Gasteiger partial charge is 0.383 e. The summed E-state index contributed by atoms with van der Waals surface area (Å²) in [6, 6.07) is 0. The molecular weight excluding hydrogens is 192 g/mol. The zero-order valence-corrected chi connectivity index (χ0v) is 8.65. The fourth-order valence-electron chi connectivity index (χ4n) is 1.85. The number of rotatable bonds is 2. The molecule has 0 aromatic carbocycles. The summed E-state index contributed by atoms with van der Waals surface area (Å²) in [4.78, 5) is 7.91. The van der Waals surface area contributed by atoms with Gasteiger partial charge in [-0.25, -0.2) is 4.98 Å². The van der Waals surface area contributed by atoms with Gasteiger partial charge in [0.25, 0.3) is 0 Å². The number of hydrogen-bond acceptors (Lipinski definition) is 5. The summed E-state index contributed by atoms with van der Waals surface area (Å²) in [6.07, 6.45) is 4.83. The van der Waals surface area contributed by atoms with Crippen molar-refractivity contribution < 1.29 is 4.74 Å². The van der Waals surface area contributed by atoms with E-state index in [1.165, 1.54) is 0 Å². The van der Waals surface area contributed by atoms with E-state index in [9.17, 15) is 0 Å². The first-order chi connectivity index (χ1) is 7.25. The minimum atomic E-state index is 0.239. The molecule has 82 valence electrons. The normalized spacial score (nSPS) is 17.9. The lowest BCUT2D eigenvalue weighted by Crippen LogP contribution is -2.18. The number of hydrogen-bond donors (Lipinski definition) is 2. The van der Waals surface area contributed by atoms with Crippen LogP contribution in [0.25, 0.3) is 0 Å². The minimum Gasteiger partial charge on any atom is -0.383 e. The van der Waals surface area contributed by atoms with E-state index in [0.29, 0.717) is 11.7 Å². The maximum absolute atomic E-state index is 5.78. The Morgan fingerprint density at radius 2 is 2.07 bits per heavy atom. The Kier molecular flexibility index (Phi) is 3.01. The van der Waals surface area contributed by atoms with Gasteiger partial charge in [0.15, 0.2) is 0 Å². The predicted octanol–water partition coefficient (Wildman–Crippen LogP) is 0.610. The van der Waals surface area contributed by atoms with Crippen molar-refractivity contribution in [1.29, 1.82) is 0 Å². The Hall–Kier alpha value is -1.36. The van der Waals surface area contributed by atoms with Gasteiger partial charge in [-0.1, -0.05) is 0 Å². The van der Waals surface area contributed by atoms with Crippen molar-refractivity contribution in [2.75, 3.05) is 24.7 Å². The van der Waals surface area contributed by atoms with Crippen LogP contribution >= 0.6 is 0 Å². The van der Waals surface area contributed by atoms with Crippen molar-refractivity contribution in [3.05, 3.63) is 11.8 Å². The Balaban J connectivity index is 2.03. The number of nitrogens with zero attached hydrogens (tertiary/aromatic N) is 2. The van der Waals surface area contributed by atoms with E-state index in [1.807, 2.05) is 0 Å². The zero-order valence-electron chi connectivity index (χ0n) is 8.65. The molecule has 0 aliphatic carbocycles. The highest BCUT2D eigenvalue weighted by atomic mass is 16.5. The topological polar surface area (TPSA) is 87.0 Å². The molecule has 5 heteroatoms. The van der Waals surface area contributed by atoms with E-state index in [-0.39, 0.29) is 5.95 Å². The van der Waals surface area contributed by atoms with Crippen LogP contribution in [-0.4, -0.2) is 23.2 Å². The van der Waals surface area contributed by atoms with E-state index in [4.69, 9.17) is 16.2 Å². The lowest BCUT2D eigenvalue weighted by atomic mass is 9.93. The summed E-state index contributed by atoms with van der Waals surface area (Å²) >= 11 is 0. The van der Waals surface area contributed by atoms with Crippen molar-refractivity contribution in [3.8, 4) is 0 Å². The van der Waals surface area contributed by atoms with Gasteiger partial charge in [0.05, 0.1) is 0 Å². The van der Waals surface area contributed by atoms with Crippen molar-refractivity contribution in [1.82, 2.24) is 9.97 Å². The Labute approximate surface area is 88.8 Å². The quantitative estimate of drug-likeness (QED) is 0.743. The van der Waals surface area contributed by atoms with E-state index in [1.54, 1.807) is 6.20 Å². The van der Waals surface area contributed by atoms with Crippen LogP contribution in [0.15, 0.2) is 6.20 Å². The fourth-order valence-corrected chi connectivity index (χ4v) is 1.85. The zero-order chi connectivity index (χ0) is 10.7. The molecule has 1 fully saturated rings. The summed E-state index contributed by atoms with van der Waals surface area (Å²) in [5, 5.41) is 0. The van der Waals surface area contributed by atoms with Crippen LogP contribution in [0.4, 0.5) is 11.8 Å². The third-order valence-corrected chi connectivity index (χ3v) is 2.77. The standard InChI is InChI=1S/C10H16N4O/c11-9-8(6-13-10(12)14-9)5-7-1-3-15-4-2-7/h6-7H,1-5H2,(H4,11,12,13,14). The summed E-state index contributed by atoms with van der Waals surface area (Å²) in [5.74, 6) is 1.38. The predicted molar refractivity (Wildman–Crippen MR) is 58.1 cm³/mol. The van der Waals surface area contributed by atoms with Crippen LogP contribution in [0.5, 0.6) is 0 Å². The molecule has 2 heterocycles. The van der Waals surface area contributed by atoms with Gasteiger partial charge in [-0.2, -0.15) is 4.98 Å². The van der Waals surface area contributed by atoms with Crippen molar-refractivity contribution >= 4 is 11.8 Å². The lowest BCUT2D eigenvalue weighted by molar-refractivity contribution is 0.0665. The van der Waals surface area contributed by atoms with Crippen molar-refractivity contribution in [2.24, 2.45) is 5.92 Å². The molecule has 1 aliphatic heterocycles. The molecular formula is C10H16N4O. The lowest BCUT2D eigenvalue weighted by Gasteiger charge is -2.22. The first-order valence-electron chi connectivity index (χ1n) is 5.20. The Morgan fingerprint density at radius 3 is 2.73 bits per heavy atom. The second-order valence-electron chi connectivity index (χ2n) is 3.90. The SMILES string of the molecule is Nc1ncc(CC2CCOCC2)c(N)n1. The van der Waals surface area contributed by atoms with Gasteiger partial charge in [-0.3, -0.25) is 0 Å². The van der Waals surface area contributed by atoms with Crippen molar-refractivity contribution in [2.45, 2.75) is 19.3 Å². The number of anilines is 2. The van der Waals surface area contributed by atoms with E-state index in [0.717, 1.165) is 38.0 Å². The van der Waals surface area contributed by atoms with Crippen LogP contribution in [0, 0.1) is 5.92 Å². The first kappa shape index (κ1) is 10.2. The van der Waals surface area contributed by atoms with Crippen LogP contribution in [0.3, 0.4) is 0 Å². The molecule has 1 aromatic heterocycles. The molecule has 0 bridgehead atoms. The van der Waals surface area contributed by atoms with Gasteiger partial charge in [-0.15, -0.1) is 0 Å². The summed E-state index contributed by atoms with van der Waals surface area (Å²) in [6.45, 7) is 1.70. The molecule has 1 aromatic rings. The van der Waals surface area contributed by atoms with Gasteiger partial charge >= 0.3 is 0 Å². The highest BCUT2D eigenvalue weighted by Crippen LogP contribution is 2.21. The summed E-state index contributed by atoms with van der Waals surface area (Å²) < 4.78 is 5.30. The molecule has 5 nitrogen and oxygen atoms in total. The monoisotopic (exact) mass is 208 g/mol. The van der Waals surface area contributed by atoms with Crippen LogP contribution < -0.4 is 11.5 Å². The molecule has 0 atom stereocenters.